The molecule has 1 aliphatic heterocycles. The van der Waals surface area contributed by atoms with E-state index in [-0.39, 0.29) is 0 Å². The molecule has 0 atom stereocenters. The molecule has 0 N–H and O–H groups in total. The summed E-state index contributed by atoms with van der Waals surface area (Å²) in [6.07, 6.45) is 0. The summed E-state index contributed by atoms with van der Waals surface area (Å²) in [6, 6.07) is 61.7. The van der Waals surface area contributed by atoms with Gasteiger partial charge in [-0.25, -0.2) is 0 Å². The third kappa shape index (κ3) is 3.34. The van der Waals surface area contributed by atoms with Crippen LogP contribution in [0.3, 0.4) is 0 Å². The van der Waals surface area contributed by atoms with Crippen molar-refractivity contribution in [2.45, 2.75) is 5.41 Å². The van der Waals surface area contributed by atoms with Crippen LogP contribution in [-0.4, -0.2) is 0 Å². The van der Waals surface area contributed by atoms with Crippen LogP contribution < -0.4 is 14.6 Å². The average Bonchev–Trinajstić information content (AvgIpc) is 3.71. The van der Waals surface area contributed by atoms with Crippen LogP contribution >= 0.6 is 7.44 Å². The van der Waals surface area contributed by atoms with Gasteiger partial charge in [-0.1, -0.05) is 127 Å². The summed E-state index contributed by atoms with van der Waals surface area (Å²) in [5, 5.41) is 0.800. The molecular formula is C43H29N2OP. The fourth-order valence-corrected chi connectivity index (χ4v) is 11.5. The first-order valence-electron chi connectivity index (χ1n) is 16.1. The van der Waals surface area contributed by atoms with E-state index in [1.54, 1.807) is 0 Å². The van der Waals surface area contributed by atoms with Gasteiger partial charge in [0.1, 0.15) is 0 Å². The Morgan fingerprint density at radius 2 is 0.766 bits per heavy atom. The normalized spacial score (nSPS) is 15.6. The van der Waals surface area contributed by atoms with E-state index in [2.05, 4.69) is 137 Å². The summed E-state index contributed by atoms with van der Waals surface area (Å²) in [4.78, 5) is 0. The lowest BCUT2D eigenvalue weighted by Gasteiger charge is -2.35. The molecule has 7 aromatic carbocycles. The molecule has 2 aliphatic carbocycles. The Labute approximate surface area is 274 Å². The van der Waals surface area contributed by atoms with Gasteiger partial charge < -0.3 is 0 Å². The van der Waals surface area contributed by atoms with Crippen molar-refractivity contribution in [1.82, 2.24) is 0 Å². The van der Waals surface area contributed by atoms with Gasteiger partial charge in [-0.15, -0.1) is 0 Å². The van der Waals surface area contributed by atoms with Gasteiger partial charge in [-0.2, -0.15) is 0 Å². The van der Waals surface area contributed by atoms with Crippen LogP contribution in [0.4, 0.5) is 22.7 Å². The molecule has 0 radical (unpaired) electrons. The fourth-order valence-electron chi connectivity index (χ4n) is 8.43. The minimum absolute atomic E-state index is 0.518. The van der Waals surface area contributed by atoms with E-state index in [9.17, 15) is 0 Å². The highest BCUT2D eigenvalue weighted by atomic mass is 31.2. The molecule has 0 fully saturated rings. The Morgan fingerprint density at radius 1 is 0.383 bits per heavy atom. The van der Waals surface area contributed by atoms with Crippen molar-refractivity contribution in [1.29, 1.82) is 0 Å². The molecule has 0 saturated heterocycles. The molecule has 0 amide bonds. The maximum absolute atomic E-state index is 16.6. The van der Waals surface area contributed by atoms with Crippen molar-refractivity contribution in [3.8, 4) is 22.3 Å². The average molecular weight is 621 g/mol. The van der Waals surface area contributed by atoms with Crippen molar-refractivity contribution in [3.63, 3.8) is 0 Å². The molecule has 10 rings (SSSR count). The molecule has 0 bridgehead atoms. The second kappa shape index (κ2) is 9.69. The van der Waals surface area contributed by atoms with E-state index < -0.39 is 12.9 Å². The van der Waals surface area contributed by atoms with Crippen LogP contribution in [0.25, 0.3) is 22.3 Å². The number of nitrogens with zero attached hydrogens (tertiary/aromatic N) is 2. The molecule has 7 aromatic rings. The van der Waals surface area contributed by atoms with Crippen molar-refractivity contribution in [2.75, 3.05) is 9.34 Å². The second-order valence-electron chi connectivity index (χ2n) is 12.4. The lowest BCUT2D eigenvalue weighted by atomic mass is 9.70. The molecule has 3 aliphatic rings. The molecule has 222 valence electrons. The highest BCUT2D eigenvalue weighted by Crippen LogP contribution is 2.71. The molecule has 3 nitrogen and oxygen atoms in total. The van der Waals surface area contributed by atoms with Gasteiger partial charge in [0.15, 0.2) is 0 Å². The highest BCUT2D eigenvalue weighted by Gasteiger charge is 2.54. The zero-order valence-corrected chi connectivity index (χ0v) is 26.4. The first kappa shape index (κ1) is 26.6. The Balaban J connectivity index is 1.30. The van der Waals surface area contributed by atoms with E-state index in [1.807, 2.05) is 48.5 Å². The van der Waals surface area contributed by atoms with Crippen molar-refractivity contribution in [3.05, 3.63) is 198 Å². The summed E-state index contributed by atoms with van der Waals surface area (Å²) in [7, 11) is -3.56. The van der Waals surface area contributed by atoms with Gasteiger partial charge in [-0.3, -0.25) is 13.9 Å². The molecule has 0 unspecified atom stereocenters. The predicted molar refractivity (Wildman–Crippen MR) is 194 cm³/mol. The lowest BCUT2D eigenvalue weighted by molar-refractivity contribution is 0.582. The number of para-hydroxylation sites is 4. The van der Waals surface area contributed by atoms with E-state index in [0.717, 1.165) is 28.1 Å². The third-order valence-electron chi connectivity index (χ3n) is 10.2. The minimum atomic E-state index is -3.56. The van der Waals surface area contributed by atoms with Crippen LogP contribution in [0, 0.1) is 0 Å². The quantitative estimate of drug-likeness (QED) is 0.184. The third-order valence-corrected chi connectivity index (χ3v) is 13.1. The predicted octanol–water partition coefficient (Wildman–Crippen LogP) is 10.8. The Morgan fingerprint density at radius 3 is 1.23 bits per heavy atom. The number of anilines is 4. The van der Waals surface area contributed by atoms with E-state index >= 15 is 4.57 Å². The number of rotatable bonds is 3. The first-order valence-corrected chi connectivity index (χ1v) is 17.7. The molecule has 1 heterocycles. The van der Waals surface area contributed by atoms with Crippen LogP contribution in [0.1, 0.15) is 22.3 Å². The zero-order valence-electron chi connectivity index (χ0n) is 25.5. The van der Waals surface area contributed by atoms with E-state index in [4.69, 9.17) is 0 Å². The monoisotopic (exact) mass is 620 g/mol. The smallest absolute Gasteiger partial charge is 0.270 e. The maximum Gasteiger partial charge on any atom is 0.301 e. The molecule has 4 heteroatoms. The molecule has 1 spiro atoms. The number of fused-ring (bicyclic) bond motifs is 11. The highest BCUT2D eigenvalue weighted by molar-refractivity contribution is 7.76. The van der Waals surface area contributed by atoms with Crippen LogP contribution in [0.2, 0.25) is 0 Å². The van der Waals surface area contributed by atoms with E-state index in [0.29, 0.717) is 0 Å². The van der Waals surface area contributed by atoms with Crippen molar-refractivity contribution in [2.24, 2.45) is 0 Å². The molecular weight excluding hydrogens is 591 g/mol. The summed E-state index contributed by atoms with van der Waals surface area (Å²) < 4.78 is 20.7. The van der Waals surface area contributed by atoms with Gasteiger partial charge >= 0.3 is 7.44 Å². The summed E-state index contributed by atoms with van der Waals surface area (Å²) >= 11 is 0. The van der Waals surface area contributed by atoms with Gasteiger partial charge in [-0.05, 0) is 93.0 Å². The Kier molecular flexibility index (Phi) is 5.48. The van der Waals surface area contributed by atoms with Gasteiger partial charge in [0.25, 0.3) is 0 Å². The fraction of sp³-hybridized carbons (Fsp3) is 0.0233. The Bertz CT molecular complexity index is 2290. The summed E-state index contributed by atoms with van der Waals surface area (Å²) in [6.45, 7) is 0. The van der Waals surface area contributed by atoms with Crippen LogP contribution in [0.15, 0.2) is 176 Å². The molecule has 0 saturated carbocycles. The van der Waals surface area contributed by atoms with Crippen LogP contribution in [0.5, 0.6) is 0 Å². The molecule has 0 aromatic heterocycles. The first-order chi connectivity index (χ1) is 23.2. The largest absolute Gasteiger partial charge is 0.301 e. The van der Waals surface area contributed by atoms with Gasteiger partial charge in [0.05, 0.1) is 22.1 Å². The minimum Gasteiger partial charge on any atom is -0.270 e. The standard InChI is InChI=1S/C43H29N2OP/c46-47(44(30-15-3-1-4-16-30)41-25-13-14-26-42(41)45(47)31-17-5-2-6-18-31)32-27-28-36-35-21-9-12-24-39(35)43(40(36)29-32)37-22-10-7-19-33(37)34-20-8-11-23-38(34)43/h1-29H. The zero-order chi connectivity index (χ0) is 31.2. The molecule has 47 heavy (non-hydrogen) atoms. The summed E-state index contributed by atoms with van der Waals surface area (Å²) in [5.41, 5.74) is 13.1. The van der Waals surface area contributed by atoms with Gasteiger partial charge in [0.2, 0.25) is 0 Å². The number of hydrogen-bond donors (Lipinski definition) is 0. The lowest BCUT2D eigenvalue weighted by Crippen LogP contribution is -2.30. The van der Waals surface area contributed by atoms with Gasteiger partial charge in [0, 0.05) is 11.4 Å². The SMILES string of the molecule is O=P1(c2ccc3c(c2)C2(c4ccccc4-c4ccccc42)c2ccccc2-3)N(c2ccccc2)c2ccccc2N1c1ccccc1. The van der Waals surface area contributed by atoms with Crippen molar-refractivity contribution < 1.29 is 4.57 Å². The Hall–Kier alpha value is -5.63. The second-order valence-corrected chi connectivity index (χ2v) is 14.8. The van der Waals surface area contributed by atoms with Crippen LogP contribution in [-0.2, 0) is 9.98 Å². The number of benzene rings is 7. The summed E-state index contributed by atoms with van der Waals surface area (Å²) in [5.74, 6) is 0. The van der Waals surface area contributed by atoms with Crippen molar-refractivity contribution >= 4 is 35.5 Å². The topological polar surface area (TPSA) is 23.6 Å². The maximum atomic E-state index is 16.6. The number of hydrogen-bond acceptors (Lipinski definition) is 1. The van der Waals surface area contributed by atoms with E-state index in [1.165, 1.54) is 44.5 Å².